The fourth-order valence-corrected chi connectivity index (χ4v) is 3.53. The monoisotopic (exact) mass is 277 g/mol. The second-order valence-electron chi connectivity index (χ2n) is 5.81. The Hall–Kier alpha value is -1.43. The highest BCUT2D eigenvalue weighted by Gasteiger charge is 2.37. The van der Waals surface area contributed by atoms with E-state index < -0.39 is 0 Å². The van der Waals surface area contributed by atoms with Crippen LogP contribution in [0, 0.1) is 0 Å². The molecule has 0 saturated carbocycles. The first-order valence-electron chi connectivity index (χ1n) is 7.69. The molecule has 2 aliphatic rings. The molecule has 1 aromatic rings. The Balaban J connectivity index is 1.73. The lowest BCUT2D eigenvalue weighted by Crippen LogP contribution is -2.50. The van der Waals surface area contributed by atoms with Gasteiger partial charge in [-0.25, -0.2) is 4.98 Å². The minimum Gasteiger partial charge on any atom is -0.333 e. The number of carbonyl (C=O) groups excluding carboxylic acids is 1. The molecule has 2 N–H and O–H groups in total. The van der Waals surface area contributed by atoms with E-state index >= 15 is 0 Å². The Labute approximate surface area is 119 Å². The van der Waals surface area contributed by atoms with Crippen LogP contribution in [0.25, 0.3) is 0 Å². The van der Waals surface area contributed by atoms with Crippen LogP contribution in [-0.4, -0.2) is 50.7 Å². The van der Waals surface area contributed by atoms with Gasteiger partial charge in [0.25, 0.3) is 5.91 Å². The molecule has 6 nitrogen and oxygen atoms in total. The van der Waals surface area contributed by atoms with Gasteiger partial charge in [0.2, 0.25) is 5.82 Å². The molecule has 1 aromatic heterocycles. The number of amides is 1. The lowest BCUT2D eigenvalue weighted by atomic mass is 9.98. The Morgan fingerprint density at radius 2 is 2.00 bits per heavy atom. The summed E-state index contributed by atoms with van der Waals surface area (Å²) in [5, 5.41) is 10.5. The Kier molecular flexibility index (Phi) is 3.74. The number of hydrogen-bond donors (Lipinski definition) is 2. The van der Waals surface area contributed by atoms with E-state index in [9.17, 15) is 4.79 Å². The van der Waals surface area contributed by atoms with Crippen LogP contribution in [-0.2, 0) is 6.42 Å². The highest BCUT2D eigenvalue weighted by Crippen LogP contribution is 2.30. The quantitative estimate of drug-likeness (QED) is 0.864. The summed E-state index contributed by atoms with van der Waals surface area (Å²) in [6, 6.07) is 1.49. The summed E-state index contributed by atoms with van der Waals surface area (Å²) in [6.07, 6.45) is 5.37. The van der Waals surface area contributed by atoms with Crippen LogP contribution in [0.2, 0.25) is 0 Å². The molecule has 0 aromatic carbocycles. The van der Waals surface area contributed by atoms with Crippen molar-refractivity contribution in [2.24, 2.45) is 0 Å². The molecule has 2 saturated heterocycles. The number of nitrogens with one attached hydrogen (secondary N) is 2. The fraction of sp³-hybridized carbons (Fsp3) is 0.786. The smallest absolute Gasteiger partial charge is 0.293 e. The molecule has 0 aliphatic carbocycles. The molecule has 2 atom stereocenters. The van der Waals surface area contributed by atoms with Gasteiger partial charge in [-0.2, -0.15) is 0 Å². The van der Waals surface area contributed by atoms with Crippen molar-refractivity contribution < 1.29 is 4.79 Å². The number of hydrogen-bond acceptors (Lipinski definition) is 4. The Bertz CT molecular complexity index is 474. The van der Waals surface area contributed by atoms with Gasteiger partial charge in [-0.15, -0.1) is 5.10 Å². The van der Waals surface area contributed by atoms with E-state index in [1.807, 2.05) is 18.7 Å². The van der Waals surface area contributed by atoms with Crippen molar-refractivity contribution in [3.63, 3.8) is 0 Å². The average Bonchev–Trinajstić information content (AvgIpc) is 3.06. The van der Waals surface area contributed by atoms with E-state index in [0.717, 1.165) is 31.6 Å². The number of carbonyl (C=O) groups is 1. The van der Waals surface area contributed by atoms with Crippen LogP contribution in [0.15, 0.2) is 0 Å². The van der Waals surface area contributed by atoms with Crippen molar-refractivity contribution >= 4 is 5.91 Å². The van der Waals surface area contributed by atoms with Crippen LogP contribution < -0.4 is 5.32 Å². The van der Waals surface area contributed by atoms with Crippen molar-refractivity contribution in [3.8, 4) is 0 Å². The van der Waals surface area contributed by atoms with Gasteiger partial charge in [0.15, 0.2) is 0 Å². The van der Waals surface area contributed by atoms with E-state index in [1.165, 1.54) is 12.8 Å². The number of nitrogens with zero attached hydrogens (tertiary/aromatic N) is 3. The van der Waals surface area contributed by atoms with Crippen LogP contribution in [0.5, 0.6) is 0 Å². The van der Waals surface area contributed by atoms with Crippen molar-refractivity contribution in [2.45, 2.75) is 64.1 Å². The van der Waals surface area contributed by atoms with Gasteiger partial charge in [0, 0.05) is 31.1 Å². The average molecular weight is 277 g/mol. The van der Waals surface area contributed by atoms with Gasteiger partial charge in [0.05, 0.1) is 0 Å². The maximum absolute atomic E-state index is 12.6. The number of H-pyrrole nitrogens is 1. The normalized spacial score (nSPS) is 28.6. The van der Waals surface area contributed by atoms with Gasteiger partial charge < -0.3 is 10.2 Å². The minimum absolute atomic E-state index is 0.0326. The van der Waals surface area contributed by atoms with Crippen LogP contribution in [0.1, 0.15) is 56.0 Å². The number of aryl methyl sites for hydroxylation is 1. The number of aromatic amines is 1. The number of fused-ring (bicyclic) bond motifs is 2. The molecule has 110 valence electrons. The lowest BCUT2D eigenvalue weighted by Gasteiger charge is -2.36. The first-order valence-corrected chi connectivity index (χ1v) is 7.69. The SMILES string of the molecule is CCc1nc(C(=O)N(CC)C2CC3CCC(C2)N3)n[nH]1. The fourth-order valence-electron chi connectivity index (χ4n) is 3.53. The number of aromatic nitrogens is 3. The lowest BCUT2D eigenvalue weighted by molar-refractivity contribution is 0.0619. The third-order valence-electron chi connectivity index (χ3n) is 4.55. The molecule has 0 radical (unpaired) electrons. The topological polar surface area (TPSA) is 73.9 Å². The van der Waals surface area contributed by atoms with Crippen molar-refractivity contribution in [1.29, 1.82) is 0 Å². The molecular weight excluding hydrogens is 254 g/mol. The van der Waals surface area contributed by atoms with Crippen LogP contribution in [0.4, 0.5) is 0 Å². The molecule has 0 spiro atoms. The summed E-state index contributed by atoms with van der Waals surface area (Å²) >= 11 is 0. The van der Waals surface area contributed by atoms with Crippen LogP contribution >= 0.6 is 0 Å². The van der Waals surface area contributed by atoms with Crippen molar-refractivity contribution in [1.82, 2.24) is 25.4 Å². The second kappa shape index (κ2) is 5.52. The third kappa shape index (κ3) is 2.44. The van der Waals surface area contributed by atoms with Crippen molar-refractivity contribution in [3.05, 3.63) is 11.6 Å². The Morgan fingerprint density at radius 3 is 2.55 bits per heavy atom. The zero-order valence-corrected chi connectivity index (χ0v) is 12.2. The molecule has 6 heteroatoms. The van der Waals surface area contributed by atoms with E-state index in [2.05, 4.69) is 20.5 Å². The predicted octanol–water partition coefficient (Wildman–Crippen LogP) is 1.11. The number of rotatable bonds is 4. The highest BCUT2D eigenvalue weighted by molar-refractivity contribution is 5.90. The molecule has 2 unspecified atom stereocenters. The third-order valence-corrected chi connectivity index (χ3v) is 4.55. The maximum Gasteiger partial charge on any atom is 0.293 e. The summed E-state index contributed by atoms with van der Waals surface area (Å²) in [7, 11) is 0. The maximum atomic E-state index is 12.6. The summed E-state index contributed by atoms with van der Waals surface area (Å²) in [5.41, 5.74) is 0. The van der Waals surface area contributed by atoms with Gasteiger partial charge >= 0.3 is 0 Å². The molecule has 2 aliphatic heterocycles. The van der Waals surface area contributed by atoms with E-state index in [1.54, 1.807) is 0 Å². The molecule has 2 bridgehead atoms. The summed E-state index contributed by atoms with van der Waals surface area (Å²) < 4.78 is 0. The summed E-state index contributed by atoms with van der Waals surface area (Å²) in [5.74, 6) is 1.05. The predicted molar refractivity (Wildman–Crippen MR) is 75.4 cm³/mol. The van der Waals surface area contributed by atoms with E-state index in [-0.39, 0.29) is 5.91 Å². The molecule has 3 rings (SSSR count). The first kappa shape index (κ1) is 13.5. The van der Waals surface area contributed by atoms with E-state index in [0.29, 0.717) is 23.9 Å². The minimum atomic E-state index is -0.0326. The van der Waals surface area contributed by atoms with Gasteiger partial charge in [-0.1, -0.05) is 6.92 Å². The first-order chi connectivity index (χ1) is 9.71. The standard InChI is InChI=1S/C14H23N5O/c1-3-12-16-13(18-17-12)14(20)19(4-2)11-7-9-5-6-10(8-11)15-9/h9-11,15H,3-8H2,1-2H3,(H,16,17,18). The molecule has 20 heavy (non-hydrogen) atoms. The number of piperidine rings is 1. The van der Waals surface area contributed by atoms with Gasteiger partial charge in [0.1, 0.15) is 5.82 Å². The van der Waals surface area contributed by atoms with Crippen molar-refractivity contribution in [2.75, 3.05) is 6.54 Å². The zero-order valence-electron chi connectivity index (χ0n) is 12.2. The summed E-state index contributed by atoms with van der Waals surface area (Å²) in [6.45, 7) is 4.75. The summed E-state index contributed by atoms with van der Waals surface area (Å²) in [4.78, 5) is 18.8. The highest BCUT2D eigenvalue weighted by atomic mass is 16.2. The second-order valence-corrected chi connectivity index (χ2v) is 5.81. The zero-order chi connectivity index (χ0) is 14.1. The van der Waals surface area contributed by atoms with Crippen LogP contribution in [0.3, 0.4) is 0 Å². The molecule has 1 amide bonds. The Morgan fingerprint density at radius 1 is 1.30 bits per heavy atom. The van der Waals surface area contributed by atoms with E-state index in [4.69, 9.17) is 0 Å². The molecular formula is C14H23N5O. The largest absolute Gasteiger partial charge is 0.333 e. The van der Waals surface area contributed by atoms with Gasteiger partial charge in [-0.05, 0) is 32.6 Å². The molecule has 3 heterocycles. The molecule has 2 fully saturated rings. The van der Waals surface area contributed by atoms with Gasteiger partial charge in [-0.3, -0.25) is 9.89 Å².